The molecule has 1 aliphatic rings. The first kappa shape index (κ1) is 21.0. The van der Waals surface area contributed by atoms with Gasteiger partial charge in [-0.3, -0.25) is 0 Å². The van der Waals surface area contributed by atoms with Gasteiger partial charge in [-0.1, -0.05) is 29.8 Å². The maximum Gasteiger partial charge on any atom is 0.237 e. The number of aromatic nitrogens is 3. The molecule has 0 amide bonds. The van der Waals surface area contributed by atoms with Gasteiger partial charge in [-0.2, -0.15) is 9.67 Å². The minimum atomic E-state index is 0.480. The number of benzene rings is 2. The molecule has 7 heteroatoms. The van der Waals surface area contributed by atoms with Crippen molar-refractivity contribution in [1.82, 2.24) is 9.78 Å². The summed E-state index contributed by atoms with van der Waals surface area (Å²) in [7, 11) is 1.67. The summed E-state index contributed by atoms with van der Waals surface area (Å²) in [6.45, 7) is 2.56. The molecule has 0 unspecified atom stereocenters. The van der Waals surface area contributed by atoms with E-state index < -0.39 is 0 Å². The molecule has 0 fully saturated rings. The molecule has 6 nitrogen and oxygen atoms in total. The first-order valence-electron chi connectivity index (χ1n) is 10.6. The Morgan fingerprint density at radius 2 is 1.82 bits per heavy atom. The highest BCUT2D eigenvalue weighted by atomic mass is 35.5. The van der Waals surface area contributed by atoms with E-state index in [0.29, 0.717) is 23.1 Å². The van der Waals surface area contributed by atoms with Crippen molar-refractivity contribution < 1.29 is 9.30 Å². The molecule has 2 aromatic heterocycles. The Kier molecular flexibility index (Phi) is 5.44. The van der Waals surface area contributed by atoms with E-state index in [2.05, 4.69) is 34.8 Å². The SMILES string of the molecule is COc1ccc(C2=C(C)C(=Nc3cnn(Cc4ccccc4Cl)c3N)c3cccc[n+]32)cc1. The Morgan fingerprint density at radius 3 is 2.58 bits per heavy atom. The smallest absolute Gasteiger partial charge is 0.237 e. The fourth-order valence-electron chi connectivity index (χ4n) is 4.07. The molecule has 2 N–H and O–H groups in total. The first-order chi connectivity index (χ1) is 16.1. The van der Waals surface area contributed by atoms with E-state index >= 15 is 0 Å². The Balaban J connectivity index is 1.56. The highest BCUT2D eigenvalue weighted by Crippen LogP contribution is 2.30. The number of nitrogens with two attached hydrogens (primary N) is 1. The molecule has 2 aromatic carbocycles. The molecule has 0 aliphatic carbocycles. The van der Waals surface area contributed by atoms with Crippen molar-refractivity contribution in [2.24, 2.45) is 4.99 Å². The average Bonchev–Trinajstić information content (AvgIpc) is 3.32. The number of allylic oxidation sites excluding steroid dienone is 1. The zero-order chi connectivity index (χ0) is 22.9. The van der Waals surface area contributed by atoms with Crippen LogP contribution in [0.2, 0.25) is 5.02 Å². The highest BCUT2D eigenvalue weighted by molar-refractivity contribution is 6.31. The lowest BCUT2D eigenvalue weighted by molar-refractivity contribution is -0.577. The lowest BCUT2D eigenvalue weighted by Gasteiger charge is -2.06. The standard InChI is InChI=1S/C26H22ClN5O/c1-17-24(30-22-15-29-32(26(22)28)16-19-7-3-4-8-21(19)27)23-9-5-6-14-31(23)25(17)18-10-12-20(33-2)13-11-18/h3-15,28H,16H2,1-2H3/p+1. The number of rotatable bonds is 5. The molecule has 33 heavy (non-hydrogen) atoms. The molecule has 0 atom stereocenters. The second-order valence-electron chi connectivity index (χ2n) is 7.78. The van der Waals surface area contributed by atoms with Crippen LogP contribution in [0.1, 0.15) is 23.7 Å². The summed E-state index contributed by atoms with van der Waals surface area (Å²) in [5, 5.41) is 5.15. The molecule has 1 aliphatic heterocycles. The third kappa shape index (κ3) is 3.79. The second-order valence-corrected chi connectivity index (χ2v) is 8.19. The van der Waals surface area contributed by atoms with Crippen LogP contribution >= 0.6 is 11.6 Å². The molecule has 0 bridgehead atoms. The number of hydrogen-bond acceptors (Lipinski definition) is 4. The average molecular weight is 457 g/mol. The van der Waals surface area contributed by atoms with Gasteiger partial charge in [0, 0.05) is 22.7 Å². The number of ether oxygens (including phenoxy) is 1. The second kappa shape index (κ2) is 8.56. The topological polar surface area (TPSA) is 69.3 Å². The van der Waals surface area contributed by atoms with E-state index in [9.17, 15) is 0 Å². The molecule has 0 radical (unpaired) electrons. The van der Waals surface area contributed by atoms with Gasteiger partial charge in [0.05, 0.1) is 25.4 Å². The minimum Gasteiger partial charge on any atom is -0.497 e. The van der Waals surface area contributed by atoms with Crippen molar-refractivity contribution in [3.8, 4) is 5.75 Å². The Bertz CT molecular complexity index is 1400. The lowest BCUT2D eigenvalue weighted by atomic mass is 10.1. The number of aliphatic imine (C=N–C) groups is 1. The highest BCUT2D eigenvalue weighted by Gasteiger charge is 2.34. The molecule has 4 aromatic rings. The van der Waals surface area contributed by atoms with Crippen LogP contribution in [0.3, 0.4) is 0 Å². The van der Waals surface area contributed by atoms with Gasteiger partial charge in [-0.05, 0) is 48.9 Å². The molecule has 3 heterocycles. The monoisotopic (exact) mass is 456 g/mol. The molecule has 0 spiro atoms. The third-order valence-electron chi connectivity index (χ3n) is 5.79. The van der Waals surface area contributed by atoms with Crippen LogP contribution in [0.25, 0.3) is 5.70 Å². The van der Waals surface area contributed by atoms with Gasteiger partial charge >= 0.3 is 0 Å². The zero-order valence-electron chi connectivity index (χ0n) is 18.4. The predicted octanol–water partition coefficient (Wildman–Crippen LogP) is 4.88. The Hall–Kier alpha value is -3.90. The van der Waals surface area contributed by atoms with E-state index in [1.165, 1.54) is 0 Å². The van der Waals surface area contributed by atoms with Crippen LogP contribution in [0.4, 0.5) is 11.5 Å². The summed E-state index contributed by atoms with van der Waals surface area (Å²) in [5.41, 5.74) is 13.1. The van der Waals surface area contributed by atoms with E-state index in [1.807, 2.05) is 54.7 Å². The molecule has 5 rings (SSSR count). The van der Waals surface area contributed by atoms with Crippen molar-refractivity contribution >= 4 is 34.5 Å². The quantitative estimate of drug-likeness (QED) is 0.435. The Labute approximate surface area is 197 Å². The van der Waals surface area contributed by atoms with Gasteiger partial charge in [-0.25, -0.2) is 9.67 Å². The predicted molar refractivity (Wildman–Crippen MR) is 131 cm³/mol. The summed E-state index contributed by atoms with van der Waals surface area (Å²) >= 11 is 6.31. The van der Waals surface area contributed by atoms with Gasteiger partial charge in [0.1, 0.15) is 23.0 Å². The van der Waals surface area contributed by atoms with Crippen molar-refractivity contribution in [3.05, 3.63) is 107 Å². The molecular weight excluding hydrogens is 434 g/mol. The van der Waals surface area contributed by atoms with Crippen LogP contribution in [0.5, 0.6) is 5.75 Å². The van der Waals surface area contributed by atoms with Crippen molar-refractivity contribution in [2.75, 3.05) is 12.8 Å². The molecule has 0 saturated heterocycles. The third-order valence-corrected chi connectivity index (χ3v) is 6.16. The summed E-state index contributed by atoms with van der Waals surface area (Å²) in [5.74, 6) is 1.32. The van der Waals surface area contributed by atoms with Crippen molar-refractivity contribution in [3.63, 3.8) is 0 Å². The van der Waals surface area contributed by atoms with Crippen LogP contribution in [0.15, 0.2) is 89.7 Å². The number of anilines is 1. The summed E-state index contributed by atoms with van der Waals surface area (Å²) in [6.07, 6.45) is 3.75. The van der Waals surface area contributed by atoms with Gasteiger partial charge in [0.2, 0.25) is 11.4 Å². The van der Waals surface area contributed by atoms with Gasteiger partial charge < -0.3 is 10.5 Å². The normalized spacial score (nSPS) is 14.1. The zero-order valence-corrected chi connectivity index (χ0v) is 19.1. The van der Waals surface area contributed by atoms with E-state index in [-0.39, 0.29) is 0 Å². The number of pyridine rings is 1. The summed E-state index contributed by atoms with van der Waals surface area (Å²) in [6, 6.07) is 21.8. The first-order valence-corrected chi connectivity index (χ1v) is 10.9. The van der Waals surface area contributed by atoms with Crippen LogP contribution in [0, 0.1) is 0 Å². The van der Waals surface area contributed by atoms with E-state index in [1.54, 1.807) is 18.0 Å². The van der Waals surface area contributed by atoms with Gasteiger partial charge in [0.25, 0.3) is 0 Å². The Morgan fingerprint density at radius 1 is 1.06 bits per heavy atom. The minimum absolute atomic E-state index is 0.480. The maximum absolute atomic E-state index is 6.44. The fraction of sp³-hybridized carbons (Fsp3) is 0.115. The number of hydrogen-bond donors (Lipinski definition) is 1. The van der Waals surface area contributed by atoms with Crippen LogP contribution in [-0.4, -0.2) is 22.6 Å². The molecular formula is C26H23ClN5O+. The number of nitrogen functional groups attached to an aromatic ring is 1. The molecule has 0 saturated carbocycles. The summed E-state index contributed by atoms with van der Waals surface area (Å²) in [4.78, 5) is 4.95. The van der Waals surface area contributed by atoms with Crippen LogP contribution < -0.4 is 15.0 Å². The largest absolute Gasteiger partial charge is 0.497 e. The van der Waals surface area contributed by atoms with Crippen molar-refractivity contribution in [2.45, 2.75) is 13.5 Å². The van der Waals surface area contributed by atoms with E-state index in [4.69, 9.17) is 27.1 Å². The number of methoxy groups -OCH3 is 1. The van der Waals surface area contributed by atoms with Crippen molar-refractivity contribution in [1.29, 1.82) is 0 Å². The van der Waals surface area contributed by atoms with Gasteiger partial charge in [0.15, 0.2) is 6.20 Å². The molecule has 164 valence electrons. The maximum atomic E-state index is 6.44. The van der Waals surface area contributed by atoms with Gasteiger partial charge in [-0.15, -0.1) is 0 Å². The number of nitrogens with zero attached hydrogens (tertiary/aromatic N) is 4. The van der Waals surface area contributed by atoms with Crippen LogP contribution in [-0.2, 0) is 6.54 Å². The van der Waals surface area contributed by atoms with E-state index in [0.717, 1.165) is 39.6 Å². The number of halogens is 1. The lowest BCUT2D eigenvalue weighted by Crippen LogP contribution is -2.34. The fourth-order valence-corrected chi connectivity index (χ4v) is 4.26. The summed E-state index contributed by atoms with van der Waals surface area (Å²) < 4.78 is 9.19. The number of fused-ring (bicyclic) bond motifs is 1.